The van der Waals surface area contributed by atoms with Gasteiger partial charge in [0, 0.05) is 0 Å². The van der Waals surface area contributed by atoms with Crippen LogP contribution in [-0.4, -0.2) is 16.4 Å². The maximum Gasteiger partial charge on any atom is 0.503 e. The lowest BCUT2D eigenvalue weighted by atomic mass is 9.93. The molecule has 0 fully saturated rings. The molecule has 3 heteroatoms. The van der Waals surface area contributed by atoms with Gasteiger partial charge in [-0.3, -0.25) is 0 Å². The van der Waals surface area contributed by atoms with Crippen molar-refractivity contribution in [2.24, 2.45) is 0 Å². The minimum Gasteiger partial charge on any atom is -0.450 e. The first kappa shape index (κ1) is 15.8. The number of hydrogen-bond donors (Lipinski definition) is 2. The molecule has 0 aliphatic carbocycles. The molecule has 0 bridgehead atoms. The third-order valence-corrected chi connectivity index (χ3v) is 3.09. The summed E-state index contributed by atoms with van der Waals surface area (Å²) in [6, 6.07) is 17.3. The molecule has 0 radical (unpaired) electrons. The Kier molecular flexibility index (Phi) is 6.30. The predicted molar refractivity (Wildman–Crippen MR) is 81.3 cm³/mol. The maximum absolute atomic E-state index is 8.56. The van der Waals surface area contributed by atoms with E-state index < -0.39 is 6.16 Å². The molecule has 0 heterocycles. The summed E-state index contributed by atoms with van der Waals surface area (Å²) in [4.78, 5) is 8.56. The van der Waals surface area contributed by atoms with Crippen LogP contribution in [0, 0.1) is 0 Å². The summed E-state index contributed by atoms with van der Waals surface area (Å²) in [7, 11) is 0. The van der Waals surface area contributed by atoms with E-state index in [2.05, 4.69) is 62.4 Å². The van der Waals surface area contributed by atoms with Gasteiger partial charge >= 0.3 is 6.16 Å². The number of aryl methyl sites for hydroxylation is 1. The van der Waals surface area contributed by atoms with E-state index in [4.69, 9.17) is 15.0 Å². The maximum atomic E-state index is 8.56. The van der Waals surface area contributed by atoms with E-state index in [0.29, 0.717) is 0 Å². The van der Waals surface area contributed by atoms with Crippen LogP contribution in [0.15, 0.2) is 48.5 Å². The highest BCUT2D eigenvalue weighted by Crippen LogP contribution is 2.26. The van der Waals surface area contributed by atoms with Gasteiger partial charge in [0.15, 0.2) is 0 Å². The lowest BCUT2D eigenvalue weighted by molar-refractivity contribution is 0.137. The fraction of sp³-hybridized carbons (Fsp3) is 0.235. The molecular weight excluding hydrogens is 252 g/mol. The molecule has 0 atom stereocenters. The van der Waals surface area contributed by atoms with E-state index in [-0.39, 0.29) is 0 Å². The van der Waals surface area contributed by atoms with E-state index in [9.17, 15) is 0 Å². The van der Waals surface area contributed by atoms with Gasteiger partial charge in [0.2, 0.25) is 0 Å². The number of hydrogen-bond acceptors (Lipinski definition) is 1. The summed E-state index contributed by atoms with van der Waals surface area (Å²) in [6.45, 7) is 4.46. The van der Waals surface area contributed by atoms with Gasteiger partial charge in [-0.05, 0) is 35.1 Å². The highest BCUT2D eigenvalue weighted by molar-refractivity contribution is 5.68. The Balaban J connectivity index is 0.000000444. The van der Waals surface area contributed by atoms with Gasteiger partial charge in [0.1, 0.15) is 0 Å². The zero-order chi connectivity index (χ0) is 15.0. The number of benzene rings is 2. The van der Waals surface area contributed by atoms with E-state index in [1.54, 1.807) is 0 Å². The smallest absolute Gasteiger partial charge is 0.450 e. The van der Waals surface area contributed by atoms with Crippen LogP contribution in [0.4, 0.5) is 4.79 Å². The third kappa shape index (κ3) is 4.43. The molecule has 0 spiro atoms. The molecule has 0 aliphatic rings. The van der Waals surface area contributed by atoms with Crippen molar-refractivity contribution >= 4 is 6.16 Å². The molecule has 106 valence electrons. The van der Waals surface area contributed by atoms with Crippen molar-refractivity contribution in [3.63, 3.8) is 0 Å². The van der Waals surface area contributed by atoms with Gasteiger partial charge in [-0.15, -0.1) is 0 Å². The Hall–Kier alpha value is -2.29. The average molecular weight is 272 g/mol. The highest BCUT2D eigenvalue weighted by atomic mass is 16.6. The van der Waals surface area contributed by atoms with Crippen molar-refractivity contribution in [1.29, 1.82) is 0 Å². The summed E-state index contributed by atoms with van der Waals surface area (Å²) in [6.07, 6.45) is 0.387. The molecule has 3 nitrogen and oxygen atoms in total. The van der Waals surface area contributed by atoms with E-state index >= 15 is 0 Å². The number of rotatable bonds is 3. The molecule has 0 aromatic heterocycles. The van der Waals surface area contributed by atoms with Crippen LogP contribution in [0.2, 0.25) is 0 Å². The lowest BCUT2D eigenvalue weighted by Gasteiger charge is -2.12. The lowest BCUT2D eigenvalue weighted by Crippen LogP contribution is -1.94. The first-order valence-corrected chi connectivity index (χ1v) is 6.68. The quantitative estimate of drug-likeness (QED) is 0.851. The second kappa shape index (κ2) is 8.00. The molecule has 2 aromatic carbocycles. The van der Waals surface area contributed by atoms with Crippen LogP contribution >= 0.6 is 0 Å². The van der Waals surface area contributed by atoms with Crippen molar-refractivity contribution < 1.29 is 15.0 Å². The molecule has 0 unspecified atom stereocenters. The van der Waals surface area contributed by atoms with Crippen molar-refractivity contribution in [2.75, 3.05) is 0 Å². The molecule has 2 rings (SSSR count). The van der Waals surface area contributed by atoms with Gasteiger partial charge in [-0.25, -0.2) is 4.79 Å². The molecule has 20 heavy (non-hydrogen) atoms. The molecule has 0 saturated carbocycles. The van der Waals surface area contributed by atoms with Crippen LogP contribution in [0.25, 0.3) is 11.1 Å². The van der Waals surface area contributed by atoms with Gasteiger partial charge in [0.05, 0.1) is 0 Å². The Morgan fingerprint density at radius 2 is 1.50 bits per heavy atom. The van der Waals surface area contributed by atoms with E-state index in [0.717, 1.165) is 12.8 Å². The van der Waals surface area contributed by atoms with Crippen molar-refractivity contribution in [3.05, 3.63) is 59.7 Å². The Labute approximate surface area is 119 Å². The average Bonchev–Trinajstić information content (AvgIpc) is 2.46. The number of carbonyl (C=O) groups is 1. The fourth-order valence-electron chi connectivity index (χ4n) is 2.27. The molecule has 0 amide bonds. The molecule has 2 N–H and O–H groups in total. The van der Waals surface area contributed by atoms with Crippen LogP contribution in [0.3, 0.4) is 0 Å². The first-order chi connectivity index (χ1) is 9.60. The summed E-state index contributed by atoms with van der Waals surface area (Å²) < 4.78 is 0. The van der Waals surface area contributed by atoms with Gasteiger partial charge in [-0.2, -0.15) is 0 Å². The second-order valence-electron chi connectivity index (χ2n) is 4.30. The van der Waals surface area contributed by atoms with E-state index in [1.165, 1.54) is 22.3 Å². The van der Waals surface area contributed by atoms with E-state index in [1.807, 2.05) is 0 Å². The van der Waals surface area contributed by atoms with Gasteiger partial charge in [-0.1, -0.05) is 62.4 Å². The summed E-state index contributed by atoms with van der Waals surface area (Å²) in [5, 5.41) is 13.9. The second-order valence-corrected chi connectivity index (χ2v) is 4.30. The zero-order valence-corrected chi connectivity index (χ0v) is 11.8. The van der Waals surface area contributed by atoms with Crippen LogP contribution < -0.4 is 0 Å². The summed E-state index contributed by atoms with van der Waals surface area (Å²) in [5.41, 5.74) is 5.69. The fourth-order valence-corrected chi connectivity index (χ4v) is 2.27. The SMILES string of the molecule is CCc1cccc(-c2ccccc2)c1CC.O=C(O)O. The Bertz CT molecular complexity index is 543. The predicted octanol–water partition coefficient (Wildman–Crippen LogP) is 4.70. The minimum atomic E-state index is -1.83. The first-order valence-electron chi connectivity index (χ1n) is 6.68. The van der Waals surface area contributed by atoms with Gasteiger partial charge < -0.3 is 10.2 Å². The monoisotopic (exact) mass is 272 g/mol. The Morgan fingerprint density at radius 1 is 0.900 bits per heavy atom. The third-order valence-electron chi connectivity index (χ3n) is 3.09. The normalized spacial score (nSPS) is 9.50. The van der Waals surface area contributed by atoms with Gasteiger partial charge in [0.25, 0.3) is 0 Å². The van der Waals surface area contributed by atoms with Crippen molar-refractivity contribution in [3.8, 4) is 11.1 Å². The largest absolute Gasteiger partial charge is 0.503 e. The molecular formula is C17H20O3. The molecule has 0 aliphatic heterocycles. The summed E-state index contributed by atoms with van der Waals surface area (Å²) in [5.74, 6) is 0. The van der Waals surface area contributed by atoms with Crippen molar-refractivity contribution in [1.82, 2.24) is 0 Å². The highest BCUT2D eigenvalue weighted by Gasteiger charge is 2.06. The summed E-state index contributed by atoms with van der Waals surface area (Å²) >= 11 is 0. The Morgan fingerprint density at radius 3 is 2.00 bits per heavy atom. The van der Waals surface area contributed by atoms with Crippen LogP contribution in [0.1, 0.15) is 25.0 Å². The number of carboxylic acid groups (broad SMARTS) is 2. The van der Waals surface area contributed by atoms with Crippen LogP contribution in [-0.2, 0) is 12.8 Å². The van der Waals surface area contributed by atoms with Crippen molar-refractivity contribution in [2.45, 2.75) is 26.7 Å². The molecule has 2 aromatic rings. The zero-order valence-electron chi connectivity index (χ0n) is 11.8. The molecule has 0 saturated heterocycles. The topological polar surface area (TPSA) is 57.5 Å². The standard InChI is InChI=1S/C16H18.CH2O3/c1-3-13-11-8-12-16(15(13)4-2)14-9-6-5-7-10-14;2-1(3)4/h5-12H,3-4H2,1-2H3;(H2,2,3,4). The van der Waals surface area contributed by atoms with Crippen LogP contribution in [0.5, 0.6) is 0 Å². The minimum absolute atomic E-state index is 1.11.